The second kappa shape index (κ2) is 6.99. The van der Waals surface area contributed by atoms with Crippen molar-refractivity contribution in [3.8, 4) is 11.5 Å². The number of rotatable bonds is 7. The highest BCUT2D eigenvalue weighted by Crippen LogP contribution is 2.18. The number of carboxylic acids is 1. The van der Waals surface area contributed by atoms with Crippen LogP contribution >= 0.6 is 0 Å². The van der Waals surface area contributed by atoms with Gasteiger partial charge in [-0.1, -0.05) is 36.2 Å². The van der Waals surface area contributed by atoms with Crippen molar-refractivity contribution in [2.75, 3.05) is 0 Å². The Balaban J connectivity index is 2.02. The fraction of sp³-hybridized carbons (Fsp3) is 0.400. The largest absolute Gasteiger partial charge is 0.480 e. The molecule has 6 nitrogen and oxygen atoms in total. The van der Waals surface area contributed by atoms with Crippen LogP contribution in [-0.4, -0.2) is 27.3 Å². The van der Waals surface area contributed by atoms with E-state index in [2.05, 4.69) is 15.5 Å². The predicted molar refractivity (Wildman–Crippen MR) is 77.6 cm³/mol. The average molecular weight is 289 g/mol. The maximum Gasteiger partial charge on any atom is 0.320 e. The van der Waals surface area contributed by atoms with Gasteiger partial charge in [0.15, 0.2) is 5.82 Å². The molecule has 0 saturated carbocycles. The van der Waals surface area contributed by atoms with Crippen molar-refractivity contribution in [3.63, 3.8) is 0 Å². The maximum atomic E-state index is 11.0. The van der Waals surface area contributed by atoms with Crippen molar-refractivity contribution in [2.24, 2.45) is 0 Å². The fourth-order valence-electron chi connectivity index (χ4n) is 2.04. The summed E-state index contributed by atoms with van der Waals surface area (Å²) in [5.41, 5.74) is 1.97. The van der Waals surface area contributed by atoms with E-state index in [-0.39, 0.29) is 6.54 Å². The quantitative estimate of drug-likeness (QED) is 0.813. The van der Waals surface area contributed by atoms with Gasteiger partial charge in [0, 0.05) is 5.56 Å². The summed E-state index contributed by atoms with van der Waals surface area (Å²) in [6, 6.07) is 7.19. The lowest BCUT2D eigenvalue weighted by Crippen LogP contribution is -2.36. The fourth-order valence-corrected chi connectivity index (χ4v) is 2.04. The van der Waals surface area contributed by atoms with E-state index in [4.69, 9.17) is 9.63 Å². The van der Waals surface area contributed by atoms with E-state index < -0.39 is 12.0 Å². The first-order chi connectivity index (χ1) is 10.1. The van der Waals surface area contributed by atoms with Crippen LogP contribution in [0, 0.1) is 6.92 Å². The van der Waals surface area contributed by atoms with E-state index in [1.807, 2.05) is 38.1 Å². The number of aryl methyl sites for hydroxylation is 1. The molecule has 0 spiro atoms. The van der Waals surface area contributed by atoms with Crippen LogP contribution in [0.2, 0.25) is 0 Å². The van der Waals surface area contributed by atoms with Crippen molar-refractivity contribution in [2.45, 2.75) is 39.3 Å². The average Bonchev–Trinajstić information content (AvgIpc) is 2.92. The van der Waals surface area contributed by atoms with E-state index in [0.717, 1.165) is 17.5 Å². The lowest BCUT2D eigenvalue weighted by atomic mass is 10.1. The van der Waals surface area contributed by atoms with Crippen LogP contribution in [-0.2, 0) is 11.3 Å². The molecular formula is C15H19N3O3. The standard InChI is InChI=1S/C15H19N3O3/c1-3-5-12(15(19)20)16-9-13-17-14(21-18-13)11-7-4-6-10(2)8-11/h4,6-8,12,16H,3,5,9H2,1-2H3,(H,19,20). The van der Waals surface area contributed by atoms with Crippen molar-refractivity contribution in [1.82, 2.24) is 15.5 Å². The van der Waals surface area contributed by atoms with E-state index in [1.165, 1.54) is 0 Å². The van der Waals surface area contributed by atoms with E-state index in [1.54, 1.807) is 0 Å². The molecule has 0 aliphatic carbocycles. The number of aliphatic carboxylic acids is 1. The molecule has 1 aromatic carbocycles. The van der Waals surface area contributed by atoms with Crippen LogP contribution in [0.15, 0.2) is 28.8 Å². The van der Waals surface area contributed by atoms with Gasteiger partial charge in [-0.2, -0.15) is 4.98 Å². The van der Waals surface area contributed by atoms with Crippen LogP contribution in [0.3, 0.4) is 0 Å². The minimum atomic E-state index is -0.862. The first kappa shape index (κ1) is 15.2. The minimum Gasteiger partial charge on any atom is -0.480 e. The number of carbonyl (C=O) groups is 1. The van der Waals surface area contributed by atoms with Crippen molar-refractivity contribution in [3.05, 3.63) is 35.7 Å². The van der Waals surface area contributed by atoms with E-state index in [0.29, 0.717) is 18.1 Å². The van der Waals surface area contributed by atoms with Crippen molar-refractivity contribution in [1.29, 1.82) is 0 Å². The molecule has 0 amide bonds. The molecule has 1 aromatic heterocycles. The summed E-state index contributed by atoms with van der Waals surface area (Å²) in [4.78, 5) is 15.3. The third-order valence-corrected chi connectivity index (χ3v) is 3.12. The van der Waals surface area contributed by atoms with Gasteiger partial charge in [0.25, 0.3) is 5.89 Å². The molecule has 0 aliphatic rings. The SMILES string of the molecule is CCCC(NCc1noc(-c2cccc(C)c2)n1)C(=O)O. The van der Waals surface area contributed by atoms with Crippen molar-refractivity contribution < 1.29 is 14.4 Å². The van der Waals surface area contributed by atoms with Crippen molar-refractivity contribution >= 4 is 5.97 Å². The van der Waals surface area contributed by atoms with Gasteiger partial charge >= 0.3 is 5.97 Å². The molecule has 2 aromatic rings. The van der Waals surface area contributed by atoms with Gasteiger partial charge < -0.3 is 9.63 Å². The molecular weight excluding hydrogens is 270 g/mol. The number of hydrogen-bond acceptors (Lipinski definition) is 5. The Kier molecular flexibility index (Phi) is 5.05. The molecule has 21 heavy (non-hydrogen) atoms. The molecule has 0 aliphatic heterocycles. The molecule has 6 heteroatoms. The molecule has 0 bridgehead atoms. The van der Waals surface area contributed by atoms with E-state index in [9.17, 15) is 4.79 Å². The summed E-state index contributed by atoms with van der Waals surface area (Å²) in [5.74, 6) is 0.0333. The first-order valence-corrected chi connectivity index (χ1v) is 6.96. The Bertz CT molecular complexity index is 610. The van der Waals surface area contributed by atoms with Gasteiger partial charge in [-0.05, 0) is 25.5 Å². The zero-order chi connectivity index (χ0) is 15.2. The lowest BCUT2D eigenvalue weighted by Gasteiger charge is -2.11. The Morgan fingerprint density at radius 2 is 2.29 bits per heavy atom. The number of carboxylic acid groups (broad SMARTS) is 1. The smallest absolute Gasteiger partial charge is 0.320 e. The van der Waals surface area contributed by atoms with Crippen LogP contribution in [0.1, 0.15) is 31.2 Å². The second-order valence-corrected chi connectivity index (χ2v) is 4.95. The highest BCUT2D eigenvalue weighted by atomic mass is 16.5. The van der Waals surface area contributed by atoms with Gasteiger partial charge in [-0.15, -0.1) is 0 Å². The molecule has 2 N–H and O–H groups in total. The maximum absolute atomic E-state index is 11.0. The van der Waals surface area contributed by atoms with Gasteiger partial charge in [0.05, 0.1) is 6.54 Å². The van der Waals surface area contributed by atoms with Crippen LogP contribution in [0.5, 0.6) is 0 Å². The lowest BCUT2D eigenvalue weighted by molar-refractivity contribution is -0.139. The Morgan fingerprint density at radius 3 is 2.95 bits per heavy atom. The summed E-state index contributed by atoms with van der Waals surface area (Å²) in [5, 5.41) is 15.9. The number of hydrogen-bond donors (Lipinski definition) is 2. The normalized spacial score (nSPS) is 12.3. The number of nitrogens with one attached hydrogen (secondary N) is 1. The number of benzene rings is 1. The third kappa shape index (κ3) is 4.13. The zero-order valence-corrected chi connectivity index (χ0v) is 12.2. The summed E-state index contributed by atoms with van der Waals surface area (Å²) in [6.07, 6.45) is 1.36. The topological polar surface area (TPSA) is 88.3 Å². The summed E-state index contributed by atoms with van der Waals surface area (Å²) in [6.45, 7) is 4.21. The third-order valence-electron chi connectivity index (χ3n) is 3.12. The molecule has 1 heterocycles. The minimum absolute atomic E-state index is 0.270. The molecule has 0 saturated heterocycles. The number of aromatic nitrogens is 2. The molecule has 0 fully saturated rings. The zero-order valence-electron chi connectivity index (χ0n) is 12.2. The van der Waals surface area contributed by atoms with Gasteiger partial charge in [-0.25, -0.2) is 0 Å². The molecule has 1 unspecified atom stereocenters. The molecule has 1 atom stereocenters. The van der Waals surface area contributed by atoms with E-state index >= 15 is 0 Å². The van der Waals surface area contributed by atoms with Gasteiger partial charge in [0.2, 0.25) is 0 Å². The number of nitrogens with zero attached hydrogens (tertiary/aromatic N) is 2. The Hall–Kier alpha value is -2.21. The molecule has 112 valence electrons. The predicted octanol–water partition coefficient (Wildman–Crippen LogP) is 2.39. The first-order valence-electron chi connectivity index (χ1n) is 6.96. The molecule has 2 rings (SSSR count). The monoisotopic (exact) mass is 289 g/mol. The van der Waals surface area contributed by atoms with Crippen LogP contribution in [0.4, 0.5) is 0 Å². The van der Waals surface area contributed by atoms with Gasteiger partial charge in [0.1, 0.15) is 6.04 Å². The Labute approximate surface area is 123 Å². The van der Waals surface area contributed by atoms with Gasteiger partial charge in [-0.3, -0.25) is 10.1 Å². The summed E-state index contributed by atoms with van der Waals surface area (Å²) < 4.78 is 5.21. The highest BCUT2D eigenvalue weighted by molar-refractivity contribution is 5.73. The summed E-state index contributed by atoms with van der Waals surface area (Å²) in [7, 11) is 0. The summed E-state index contributed by atoms with van der Waals surface area (Å²) >= 11 is 0. The van der Waals surface area contributed by atoms with Crippen LogP contribution < -0.4 is 5.32 Å². The Morgan fingerprint density at radius 1 is 1.48 bits per heavy atom. The molecule has 0 radical (unpaired) electrons. The second-order valence-electron chi connectivity index (χ2n) is 4.95. The van der Waals surface area contributed by atoms with Crippen LogP contribution in [0.25, 0.3) is 11.5 Å². The highest BCUT2D eigenvalue weighted by Gasteiger charge is 2.17.